The topological polar surface area (TPSA) is 12.0 Å². The molecule has 0 aromatic heterocycles. The van der Waals surface area contributed by atoms with Gasteiger partial charge in [-0.25, -0.2) is 0 Å². The van der Waals surface area contributed by atoms with Crippen molar-refractivity contribution in [3.63, 3.8) is 0 Å². The maximum atomic E-state index is 3.24. The maximum absolute atomic E-state index is 3.24. The van der Waals surface area contributed by atoms with Gasteiger partial charge in [-0.2, -0.15) is 0 Å². The molecule has 0 aromatic carbocycles. The van der Waals surface area contributed by atoms with Crippen LogP contribution >= 0.6 is 15.9 Å². The van der Waals surface area contributed by atoms with Gasteiger partial charge in [-0.15, -0.1) is 0 Å². The molecule has 0 heterocycles. The van der Waals surface area contributed by atoms with Gasteiger partial charge in [0.15, 0.2) is 0 Å². The molecule has 0 unspecified atom stereocenters. The lowest BCUT2D eigenvalue weighted by Gasteiger charge is -1.96. The van der Waals surface area contributed by atoms with Gasteiger partial charge < -0.3 is 5.32 Å². The molecule has 0 atom stereocenters. The number of hydrogen-bond donors (Lipinski definition) is 1. The molecule has 0 aliphatic rings. The summed E-state index contributed by atoms with van der Waals surface area (Å²) < 4.78 is 0. The third kappa shape index (κ3) is 3.86. The van der Waals surface area contributed by atoms with Gasteiger partial charge >= 0.3 is 0 Å². The zero-order valence-corrected chi connectivity index (χ0v) is 6.25. The van der Waals surface area contributed by atoms with Crippen LogP contribution in [0.3, 0.4) is 0 Å². The Morgan fingerprint density at radius 2 is 2.43 bits per heavy atom. The zero-order chi connectivity index (χ0) is 5.70. The van der Waals surface area contributed by atoms with Gasteiger partial charge in [-0.05, 0) is 13.8 Å². The van der Waals surface area contributed by atoms with Crippen molar-refractivity contribution >= 4 is 15.9 Å². The molecule has 0 fully saturated rings. The van der Waals surface area contributed by atoms with Crippen LogP contribution in [0.4, 0.5) is 0 Å². The van der Waals surface area contributed by atoms with Gasteiger partial charge in [0, 0.05) is 5.70 Å². The Hall–Kier alpha value is 0.0200. The monoisotopic (exact) mass is 163 g/mol. The van der Waals surface area contributed by atoms with E-state index >= 15 is 0 Å². The molecular weight excluding hydrogens is 154 g/mol. The Labute approximate surface area is 52.9 Å². The van der Waals surface area contributed by atoms with E-state index in [1.807, 2.05) is 19.9 Å². The molecule has 2 heteroatoms. The molecule has 0 radical (unpaired) electrons. The van der Waals surface area contributed by atoms with Gasteiger partial charge in [-0.1, -0.05) is 22.0 Å². The predicted octanol–water partition coefficient (Wildman–Crippen LogP) is 1.85. The number of hydrogen-bond acceptors (Lipinski definition) is 1. The molecule has 0 aliphatic carbocycles. The van der Waals surface area contributed by atoms with Crippen LogP contribution in [0, 0.1) is 0 Å². The van der Waals surface area contributed by atoms with Gasteiger partial charge in [0.25, 0.3) is 0 Å². The minimum absolute atomic E-state index is 0.836. The van der Waals surface area contributed by atoms with Gasteiger partial charge in [0.05, 0.1) is 5.45 Å². The molecule has 0 spiro atoms. The molecule has 0 saturated heterocycles. The summed E-state index contributed by atoms with van der Waals surface area (Å²) in [5, 5.41) is 3.07. The van der Waals surface area contributed by atoms with E-state index < -0.39 is 0 Å². The van der Waals surface area contributed by atoms with Crippen LogP contribution in [0.15, 0.2) is 11.8 Å². The summed E-state index contributed by atoms with van der Waals surface area (Å²) in [6.07, 6.45) is 2.03. The highest BCUT2D eigenvalue weighted by Crippen LogP contribution is 1.84. The smallest absolute Gasteiger partial charge is 0.0704 e. The summed E-state index contributed by atoms with van der Waals surface area (Å²) in [5.41, 5.74) is 2.04. The summed E-state index contributed by atoms with van der Waals surface area (Å²) in [4.78, 5) is 0. The van der Waals surface area contributed by atoms with E-state index in [1.54, 1.807) is 0 Å². The summed E-state index contributed by atoms with van der Waals surface area (Å²) >= 11 is 3.24. The van der Waals surface area contributed by atoms with E-state index in [-0.39, 0.29) is 0 Å². The van der Waals surface area contributed by atoms with Crippen LogP contribution in [0.1, 0.15) is 13.8 Å². The van der Waals surface area contributed by atoms with Crippen LogP contribution in [-0.2, 0) is 0 Å². The molecule has 0 aliphatic heterocycles. The summed E-state index contributed by atoms with van der Waals surface area (Å²) in [5.74, 6) is 0. The van der Waals surface area contributed by atoms with Crippen molar-refractivity contribution in [2.24, 2.45) is 0 Å². The van der Waals surface area contributed by atoms with Gasteiger partial charge in [0.2, 0.25) is 0 Å². The first-order valence-corrected chi connectivity index (χ1v) is 3.36. The molecule has 7 heavy (non-hydrogen) atoms. The Morgan fingerprint density at radius 1 is 1.86 bits per heavy atom. The van der Waals surface area contributed by atoms with Crippen molar-refractivity contribution in [2.45, 2.75) is 13.8 Å². The lowest BCUT2D eigenvalue weighted by atomic mass is 10.5. The fourth-order valence-electron chi connectivity index (χ4n) is 0.207. The second kappa shape index (κ2) is 4.19. The van der Waals surface area contributed by atoms with Crippen molar-refractivity contribution in [3.8, 4) is 0 Å². The average molecular weight is 164 g/mol. The number of allylic oxidation sites excluding steroid dienone is 2. The third-order valence-corrected chi connectivity index (χ3v) is 1.06. The van der Waals surface area contributed by atoms with E-state index in [0.717, 1.165) is 5.45 Å². The molecule has 0 rings (SSSR count). The van der Waals surface area contributed by atoms with Crippen LogP contribution in [-0.4, -0.2) is 5.45 Å². The highest BCUT2D eigenvalue weighted by Gasteiger charge is 1.76. The fraction of sp³-hybridized carbons (Fsp3) is 0.600. The summed E-state index contributed by atoms with van der Waals surface area (Å²) in [7, 11) is 0. The predicted molar refractivity (Wildman–Crippen MR) is 36.4 cm³/mol. The zero-order valence-electron chi connectivity index (χ0n) is 4.66. The van der Waals surface area contributed by atoms with Crippen molar-refractivity contribution in [1.82, 2.24) is 5.32 Å². The molecule has 42 valence electrons. The number of halogens is 1. The molecule has 0 amide bonds. The standard InChI is InChI=1S/C5H10BrN/c1-3-5(2)7-4-6/h3,7H,4H2,1-2H3/b5-3+. The number of nitrogens with one attached hydrogen (secondary N) is 1. The Bertz CT molecular complexity index is 68.5. The molecular formula is C5H10BrN. The van der Waals surface area contributed by atoms with Gasteiger partial charge in [0.1, 0.15) is 0 Å². The second-order valence-corrected chi connectivity index (χ2v) is 1.84. The Morgan fingerprint density at radius 3 is 2.57 bits per heavy atom. The van der Waals surface area contributed by atoms with Gasteiger partial charge in [-0.3, -0.25) is 0 Å². The first kappa shape index (κ1) is 7.02. The average Bonchev–Trinajstić information content (AvgIpc) is 1.68. The van der Waals surface area contributed by atoms with E-state index in [4.69, 9.17) is 0 Å². The van der Waals surface area contributed by atoms with Crippen molar-refractivity contribution in [1.29, 1.82) is 0 Å². The van der Waals surface area contributed by atoms with Crippen LogP contribution in [0.2, 0.25) is 0 Å². The van der Waals surface area contributed by atoms with E-state index in [1.165, 1.54) is 5.70 Å². The minimum atomic E-state index is 0.836. The lowest BCUT2D eigenvalue weighted by Crippen LogP contribution is -2.05. The third-order valence-electron chi connectivity index (χ3n) is 0.779. The number of alkyl halides is 1. The Kier molecular flexibility index (Phi) is 4.20. The second-order valence-electron chi connectivity index (χ2n) is 1.28. The van der Waals surface area contributed by atoms with Crippen molar-refractivity contribution in [3.05, 3.63) is 11.8 Å². The molecule has 0 saturated carbocycles. The van der Waals surface area contributed by atoms with E-state index in [9.17, 15) is 0 Å². The minimum Gasteiger partial charge on any atom is -0.379 e. The lowest BCUT2D eigenvalue weighted by molar-refractivity contribution is 0.963. The quantitative estimate of drug-likeness (QED) is 0.485. The normalized spacial score (nSPS) is 11.6. The summed E-state index contributed by atoms with van der Waals surface area (Å²) in [6.45, 7) is 4.03. The fourth-order valence-corrected chi connectivity index (χ4v) is 0.650. The highest BCUT2D eigenvalue weighted by molar-refractivity contribution is 9.09. The molecule has 1 N–H and O–H groups in total. The van der Waals surface area contributed by atoms with E-state index in [0.29, 0.717) is 0 Å². The van der Waals surface area contributed by atoms with Crippen LogP contribution in [0.25, 0.3) is 0 Å². The summed E-state index contributed by atoms with van der Waals surface area (Å²) in [6, 6.07) is 0. The Balaban J connectivity index is 3.17. The maximum Gasteiger partial charge on any atom is 0.0704 e. The van der Waals surface area contributed by atoms with Crippen LogP contribution < -0.4 is 5.32 Å². The molecule has 0 aromatic rings. The van der Waals surface area contributed by atoms with Crippen molar-refractivity contribution < 1.29 is 0 Å². The molecule has 0 bridgehead atoms. The number of rotatable bonds is 2. The highest BCUT2D eigenvalue weighted by atomic mass is 79.9. The largest absolute Gasteiger partial charge is 0.379 e. The van der Waals surface area contributed by atoms with E-state index in [2.05, 4.69) is 21.2 Å². The SMILES string of the molecule is C/C=C(\C)NCBr. The first-order chi connectivity index (χ1) is 3.31. The van der Waals surface area contributed by atoms with Crippen LogP contribution in [0.5, 0.6) is 0 Å². The first-order valence-electron chi connectivity index (χ1n) is 2.24. The molecule has 1 nitrogen and oxygen atoms in total. The van der Waals surface area contributed by atoms with Crippen molar-refractivity contribution in [2.75, 3.05) is 5.45 Å².